The van der Waals surface area contributed by atoms with Gasteiger partial charge >= 0.3 is 0 Å². The summed E-state index contributed by atoms with van der Waals surface area (Å²) in [7, 11) is -3.75. The molecule has 0 N–H and O–H groups in total. The Balaban J connectivity index is 2.46. The number of benzene rings is 3. The third kappa shape index (κ3) is 2.92. The second-order valence-electron chi connectivity index (χ2n) is 5.96. The van der Waals surface area contributed by atoms with E-state index in [1.807, 2.05) is 0 Å². The molecule has 0 aliphatic rings. The lowest BCUT2D eigenvalue weighted by atomic mass is 9.84. The summed E-state index contributed by atoms with van der Waals surface area (Å²) in [6.45, 7) is 1.57. The minimum Gasteiger partial charge on any atom is -0.227 e. The Kier molecular flexibility index (Phi) is 4.92. The molecule has 0 radical (unpaired) electrons. The van der Waals surface area contributed by atoms with Gasteiger partial charge in [-0.15, -0.1) is 0 Å². The Morgan fingerprint density at radius 2 is 1.08 bits per heavy atom. The highest BCUT2D eigenvalue weighted by Crippen LogP contribution is 2.44. The molecule has 0 saturated heterocycles. The topological polar surface area (TPSA) is 34.1 Å². The number of rotatable bonds is 5. The fourth-order valence-electron chi connectivity index (χ4n) is 3.30. The van der Waals surface area contributed by atoms with Gasteiger partial charge in [0.25, 0.3) is 0 Å². The van der Waals surface area contributed by atoms with Gasteiger partial charge in [0, 0.05) is 5.75 Å². The highest BCUT2D eigenvalue weighted by molar-refractivity contribution is 7.92. The molecule has 2 nitrogen and oxygen atoms in total. The summed E-state index contributed by atoms with van der Waals surface area (Å²) in [5.74, 6) is -1.04. The summed E-state index contributed by atoms with van der Waals surface area (Å²) >= 11 is 0. The molecule has 0 aliphatic heterocycles. The molecule has 0 saturated carbocycles. The fourth-order valence-corrected chi connectivity index (χ4v) is 5.22. The maximum Gasteiger partial charge on any atom is 0.168 e. The Bertz CT molecular complexity index is 935. The predicted octanol–water partition coefficient (Wildman–Crippen LogP) is 4.69. The average molecular weight is 372 g/mol. The Hall–Kier alpha value is -2.53. The lowest BCUT2D eigenvalue weighted by Gasteiger charge is -2.35. The van der Waals surface area contributed by atoms with Gasteiger partial charge in [-0.25, -0.2) is 17.2 Å². The molecular formula is C21H18F2O2S. The number of hydrogen-bond acceptors (Lipinski definition) is 2. The Labute approximate surface area is 152 Å². The molecule has 134 valence electrons. The van der Waals surface area contributed by atoms with Crippen LogP contribution in [-0.2, 0) is 14.6 Å². The van der Waals surface area contributed by atoms with E-state index < -0.39 is 26.2 Å². The second-order valence-corrected chi connectivity index (χ2v) is 8.38. The van der Waals surface area contributed by atoms with Gasteiger partial charge in [0.15, 0.2) is 9.84 Å². The van der Waals surface area contributed by atoms with Crippen LogP contribution in [0.2, 0.25) is 0 Å². The average Bonchev–Trinajstić information content (AvgIpc) is 2.66. The summed E-state index contributed by atoms with van der Waals surface area (Å²) in [6, 6.07) is 19.6. The highest BCUT2D eigenvalue weighted by Gasteiger charge is 2.47. The van der Waals surface area contributed by atoms with Crippen LogP contribution in [0.3, 0.4) is 0 Å². The smallest absolute Gasteiger partial charge is 0.168 e. The molecule has 5 heteroatoms. The lowest BCUT2D eigenvalue weighted by Crippen LogP contribution is -2.39. The molecule has 0 unspecified atom stereocenters. The van der Waals surface area contributed by atoms with Crippen LogP contribution >= 0.6 is 0 Å². The van der Waals surface area contributed by atoms with E-state index in [1.165, 1.54) is 48.5 Å². The number of halogens is 2. The first-order valence-electron chi connectivity index (χ1n) is 8.21. The molecule has 0 aromatic heterocycles. The summed E-state index contributed by atoms with van der Waals surface area (Å²) in [4.78, 5) is 0. The van der Waals surface area contributed by atoms with E-state index in [9.17, 15) is 17.2 Å². The van der Waals surface area contributed by atoms with Crippen LogP contribution in [0.5, 0.6) is 0 Å². The fraction of sp³-hybridized carbons (Fsp3) is 0.143. The standard InChI is InChI=1S/C21H18F2O2S/c1-2-26(24,25)21(16-6-4-3-5-7-16,17-8-12-19(22)13-9-17)18-10-14-20(23)15-11-18/h3-15H,2H2,1H3. The van der Waals surface area contributed by atoms with Crippen molar-refractivity contribution in [1.29, 1.82) is 0 Å². The monoisotopic (exact) mass is 372 g/mol. The van der Waals surface area contributed by atoms with Crippen LogP contribution in [0.25, 0.3) is 0 Å². The van der Waals surface area contributed by atoms with E-state index >= 15 is 0 Å². The van der Waals surface area contributed by atoms with Crippen molar-refractivity contribution in [2.75, 3.05) is 5.75 Å². The van der Waals surface area contributed by atoms with Crippen molar-refractivity contribution >= 4 is 9.84 Å². The van der Waals surface area contributed by atoms with Gasteiger partial charge in [-0.2, -0.15) is 0 Å². The van der Waals surface area contributed by atoms with Crippen molar-refractivity contribution < 1.29 is 17.2 Å². The van der Waals surface area contributed by atoms with E-state index in [-0.39, 0.29) is 5.75 Å². The summed E-state index contributed by atoms with van der Waals surface area (Å²) in [5.41, 5.74) is 1.36. The van der Waals surface area contributed by atoms with Crippen molar-refractivity contribution in [2.45, 2.75) is 11.7 Å². The normalized spacial score (nSPS) is 12.1. The second kappa shape index (κ2) is 7.00. The Morgan fingerprint density at radius 1 is 0.692 bits per heavy atom. The van der Waals surface area contributed by atoms with Crippen molar-refractivity contribution in [2.24, 2.45) is 0 Å². The first-order valence-corrected chi connectivity index (χ1v) is 9.87. The molecule has 0 aliphatic carbocycles. The molecule has 0 amide bonds. The molecule has 0 fully saturated rings. The van der Waals surface area contributed by atoms with Crippen LogP contribution in [0.1, 0.15) is 23.6 Å². The Morgan fingerprint density at radius 3 is 1.46 bits per heavy atom. The predicted molar refractivity (Wildman–Crippen MR) is 98.6 cm³/mol. The number of sulfone groups is 1. The molecular weight excluding hydrogens is 354 g/mol. The first-order chi connectivity index (χ1) is 12.4. The van der Waals surface area contributed by atoms with Gasteiger partial charge in [0.05, 0.1) is 0 Å². The molecule has 0 atom stereocenters. The van der Waals surface area contributed by atoms with Crippen LogP contribution in [0.15, 0.2) is 78.9 Å². The quantitative estimate of drug-likeness (QED) is 0.609. The molecule has 0 heterocycles. The summed E-state index contributed by atoms with van der Waals surface area (Å²) < 4.78 is 52.3. The molecule has 3 aromatic carbocycles. The van der Waals surface area contributed by atoms with Gasteiger partial charge < -0.3 is 0 Å². The van der Waals surface area contributed by atoms with Crippen LogP contribution in [0, 0.1) is 11.6 Å². The molecule has 3 rings (SSSR count). The maximum absolute atomic E-state index is 13.5. The van der Waals surface area contributed by atoms with Crippen molar-refractivity contribution in [3.63, 3.8) is 0 Å². The lowest BCUT2D eigenvalue weighted by molar-refractivity contribution is 0.571. The van der Waals surface area contributed by atoms with E-state index in [2.05, 4.69) is 0 Å². The van der Waals surface area contributed by atoms with E-state index in [1.54, 1.807) is 37.3 Å². The number of hydrogen-bond donors (Lipinski definition) is 0. The van der Waals surface area contributed by atoms with Gasteiger partial charge in [-0.1, -0.05) is 61.5 Å². The van der Waals surface area contributed by atoms with Crippen molar-refractivity contribution in [1.82, 2.24) is 0 Å². The molecule has 0 spiro atoms. The highest BCUT2D eigenvalue weighted by atomic mass is 32.2. The molecule has 26 heavy (non-hydrogen) atoms. The van der Waals surface area contributed by atoms with Gasteiger partial charge in [0.1, 0.15) is 16.4 Å². The third-order valence-corrected chi connectivity index (χ3v) is 6.93. The van der Waals surface area contributed by atoms with Gasteiger partial charge in [-0.05, 0) is 41.0 Å². The first kappa shape index (κ1) is 18.3. The SMILES string of the molecule is CCS(=O)(=O)C(c1ccccc1)(c1ccc(F)cc1)c1ccc(F)cc1. The van der Waals surface area contributed by atoms with Crippen molar-refractivity contribution in [3.05, 3.63) is 107 Å². The zero-order valence-corrected chi connectivity index (χ0v) is 15.0. The van der Waals surface area contributed by atoms with Gasteiger partial charge in [0.2, 0.25) is 0 Å². The minimum atomic E-state index is -3.75. The summed E-state index contributed by atoms with van der Waals surface area (Å²) in [6.07, 6.45) is 0. The largest absolute Gasteiger partial charge is 0.227 e. The maximum atomic E-state index is 13.5. The van der Waals surface area contributed by atoms with Crippen molar-refractivity contribution in [3.8, 4) is 0 Å². The summed E-state index contributed by atoms with van der Waals surface area (Å²) in [5, 5.41) is 0. The zero-order chi connectivity index (χ0) is 18.8. The molecule has 3 aromatic rings. The zero-order valence-electron chi connectivity index (χ0n) is 14.2. The van der Waals surface area contributed by atoms with E-state index in [0.717, 1.165) is 0 Å². The van der Waals surface area contributed by atoms with E-state index in [4.69, 9.17) is 0 Å². The van der Waals surface area contributed by atoms with Crippen LogP contribution in [0.4, 0.5) is 8.78 Å². The third-order valence-electron chi connectivity index (χ3n) is 4.53. The van der Waals surface area contributed by atoms with E-state index in [0.29, 0.717) is 16.7 Å². The molecule has 0 bridgehead atoms. The van der Waals surface area contributed by atoms with Crippen LogP contribution < -0.4 is 0 Å². The minimum absolute atomic E-state index is 0.128. The van der Waals surface area contributed by atoms with Gasteiger partial charge in [-0.3, -0.25) is 0 Å². The van der Waals surface area contributed by atoms with Crippen LogP contribution in [-0.4, -0.2) is 14.2 Å².